The van der Waals surface area contributed by atoms with Crippen LogP contribution in [0.25, 0.3) is 23.4 Å². The minimum atomic E-state index is -0.301. The van der Waals surface area contributed by atoms with E-state index in [2.05, 4.69) is 15.5 Å². The van der Waals surface area contributed by atoms with Gasteiger partial charge in [0.25, 0.3) is 5.91 Å². The van der Waals surface area contributed by atoms with Gasteiger partial charge in [-0.05, 0) is 38.1 Å². The van der Waals surface area contributed by atoms with Crippen LogP contribution in [0.5, 0.6) is 0 Å². The first-order valence-electron chi connectivity index (χ1n) is 8.66. The quantitative estimate of drug-likeness (QED) is 0.701. The SMILES string of the molecule is Cc1onc(-c2ccccc2)c1/C=C/c1ccc(C(=O)N[C@H](C)CO)cn1. The number of hydrogen-bond donors (Lipinski definition) is 2. The molecule has 2 N–H and O–H groups in total. The lowest BCUT2D eigenvalue weighted by atomic mass is 10.1. The first-order chi connectivity index (χ1) is 13.1. The second-order valence-corrected chi connectivity index (χ2v) is 6.23. The average Bonchev–Trinajstić information content (AvgIpc) is 3.07. The van der Waals surface area contributed by atoms with E-state index in [0.717, 1.165) is 22.6 Å². The van der Waals surface area contributed by atoms with Gasteiger partial charge in [-0.2, -0.15) is 0 Å². The van der Waals surface area contributed by atoms with Crippen molar-refractivity contribution in [3.05, 3.63) is 71.2 Å². The molecule has 6 nitrogen and oxygen atoms in total. The van der Waals surface area contributed by atoms with Gasteiger partial charge in [-0.15, -0.1) is 0 Å². The smallest absolute Gasteiger partial charge is 0.253 e. The molecule has 6 heteroatoms. The number of nitrogens with zero attached hydrogens (tertiary/aromatic N) is 2. The summed E-state index contributed by atoms with van der Waals surface area (Å²) in [7, 11) is 0. The maximum absolute atomic E-state index is 12.0. The second kappa shape index (κ2) is 8.42. The highest BCUT2D eigenvalue weighted by molar-refractivity contribution is 5.94. The zero-order valence-electron chi connectivity index (χ0n) is 15.2. The van der Waals surface area contributed by atoms with Gasteiger partial charge in [0.15, 0.2) is 0 Å². The number of aromatic nitrogens is 2. The number of nitrogens with one attached hydrogen (secondary N) is 1. The minimum absolute atomic E-state index is 0.109. The molecule has 1 atom stereocenters. The fraction of sp³-hybridized carbons (Fsp3) is 0.190. The Hall–Kier alpha value is -3.25. The highest BCUT2D eigenvalue weighted by Gasteiger charge is 2.12. The average molecular weight is 363 g/mol. The Morgan fingerprint density at radius 2 is 2.00 bits per heavy atom. The lowest BCUT2D eigenvalue weighted by Gasteiger charge is -2.10. The third-order valence-corrected chi connectivity index (χ3v) is 4.08. The molecule has 0 aliphatic rings. The van der Waals surface area contributed by atoms with E-state index in [1.165, 1.54) is 6.20 Å². The van der Waals surface area contributed by atoms with Crippen molar-refractivity contribution in [1.29, 1.82) is 0 Å². The number of carbonyl (C=O) groups is 1. The van der Waals surface area contributed by atoms with Gasteiger partial charge in [-0.1, -0.05) is 35.5 Å². The van der Waals surface area contributed by atoms with Crippen molar-refractivity contribution in [2.75, 3.05) is 6.61 Å². The highest BCUT2D eigenvalue weighted by atomic mass is 16.5. The predicted molar refractivity (Wildman–Crippen MR) is 104 cm³/mol. The van der Waals surface area contributed by atoms with Crippen molar-refractivity contribution < 1.29 is 14.4 Å². The van der Waals surface area contributed by atoms with Crippen LogP contribution in [0.1, 0.15) is 34.3 Å². The van der Waals surface area contributed by atoms with E-state index >= 15 is 0 Å². The highest BCUT2D eigenvalue weighted by Crippen LogP contribution is 2.26. The van der Waals surface area contributed by atoms with E-state index in [1.807, 2.05) is 49.4 Å². The van der Waals surface area contributed by atoms with E-state index in [0.29, 0.717) is 11.3 Å². The van der Waals surface area contributed by atoms with Gasteiger partial charge in [0, 0.05) is 23.4 Å². The first-order valence-corrected chi connectivity index (χ1v) is 8.66. The molecule has 0 unspecified atom stereocenters. The molecular weight excluding hydrogens is 342 g/mol. The van der Waals surface area contributed by atoms with Gasteiger partial charge in [0.05, 0.1) is 17.9 Å². The summed E-state index contributed by atoms with van der Waals surface area (Å²) in [4.78, 5) is 16.3. The molecule has 0 aliphatic heterocycles. The summed E-state index contributed by atoms with van der Waals surface area (Å²) < 4.78 is 5.34. The normalized spacial score (nSPS) is 12.3. The molecular formula is C21H21N3O3. The Morgan fingerprint density at radius 1 is 1.22 bits per heavy atom. The van der Waals surface area contributed by atoms with Gasteiger partial charge in [-0.3, -0.25) is 9.78 Å². The number of aryl methyl sites for hydroxylation is 1. The number of benzene rings is 1. The Labute approximate surface area is 157 Å². The molecule has 1 amide bonds. The number of hydrogen-bond acceptors (Lipinski definition) is 5. The molecule has 0 fully saturated rings. The van der Waals surface area contributed by atoms with E-state index in [9.17, 15) is 4.79 Å². The molecule has 0 radical (unpaired) electrons. The maximum atomic E-state index is 12.0. The van der Waals surface area contributed by atoms with Gasteiger partial charge in [-0.25, -0.2) is 0 Å². The third-order valence-electron chi connectivity index (χ3n) is 4.08. The van der Waals surface area contributed by atoms with Gasteiger partial charge >= 0.3 is 0 Å². The molecule has 138 valence electrons. The number of carbonyl (C=O) groups excluding carboxylic acids is 1. The number of aliphatic hydroxyl groups excluding tert-OH is 1. The van der Waals surface area contributed by atoms with Gasteiger partial charge in [0.2, 0.25) is 0 Å². The zero-order chi connectivity index (χ0) is 19.2. The molecule has 3 rings (SSSR count). The Balaban J connectivity index is 1.78. The molecule has 3 aromatic rings. The van der Waals surface area contributed by atoms with Crippen LogP contribution in [0.15, 0.2) is 53.2 Å². The molecule has 1 aromatic carbocycles. The van der Waals surface area contributed by atoms with E-state index in [4.69, 9.17) is 9.63 Å². The van der Waals surface area contributed by atoms with Crippen molar-refractivity contribution in [1.82, 2.24) is 15.5 Å². The van der Waals surface area contributed by atoms with E-state index < -0.39 is 0 Å². The van der Waals surface area contributed by atoms with Crippen molar-refractivity contribution >= 4 is 18.1 Å². The summed E-state index contributed by atoms with van der Waals surface area (Å²) in [6.45, 7) is 3.48. The summed E-state index contributed by atoms with van der Waals surface area (Å²) in [6.07, 6.45) is 5.27. The molecule has 2 heterocycles. The van der Waals surface area contributed by atoms with Crippen molar-refractivity contribution in [3.8, 4) is 11.3 Å². The van der Waals surface area contributed by atoms with Crippen LogP contribution < -0.4 is 5.32 Å². The summed E-state index contributed by atoms with van der Waals surface area (Å²) in [5.74, 6) is 0.458. The zero-order valence-corrected chi connectivity index (χ0v) is 15.2. The van der Waals surface area contributed by atoms with Crippen LogP contribution in [0.3, 0.4) is 0 Å². The van der Waals surface area contributed by atoms with Crippen LogP contribution >= 0.6 is 0 Å². The molecule has 0 spiro atoms. The minimum Gasteiger partial charge on any atom is -0.394 e. The lowest BCUT2D eigenvalue weighted by molar-refractivity contribution is 0.0922. The van der Waals surface area contributed by atoms with Crippen molar-refractivity contribution in [3.63, 3.8) is 0 Å². The largest absolute Gasteiger partial charge is 0.394 e. The van der Waals surface area contributed by atoms with Crippen LogP contribution in [-0.2, 0) is 0 Å². The number of amides is 1. The Kier molecular flexibility index (Phi) is 5.78. The van der Waals surface area contributed by atoms with Crippen LogP contribution in [0.2, 0.25) is 0 Å². The van der Waals surface area contributed by atoms with Crippen molar-refractivity contribution in [2.45, 2.75) is 19.9 Å². The van der Waals surface area contributed by atoms with E-state index in [-0.39, 0.29) is 18.6 Å². The molecule has 0 saturated carbocycles. The lowest BCUT2D eigenvalue weighted by Crippen LogP contribution is -2.35. The van der Waals surface area contributed by atoms with Crippen LogP contribution in [-0.4, -0.2) is 33.8 Å². The van der Waals surface area contributed by atoms with E-state index in [1.54, 1.807) is 19.1 Å². The summed E-state index contributed by atoms with van der Waals surface area (Å²) in [5, 5.41) is 15.8. The van der Waals surface area contributed by atoms with Crippen LogP contribution in [0.4, 0.5) is 0 Å². The topological polar surface area (TPSA) is 88.2 Å². The first kappa shape index (κ1) is 18.5. The number of rotatable bonds is 6. The van der Waals surface area contributed by atoms with Crippen LogP contribution in [0, 0.1) is 6.92 Å². The standard InChI is InChI=1S/C21H21N3O3/c1-14(13-25)23-21(26)17-8-9-18(22-12-17)10-11-19-15(2)27-24-20(19)16-6-4-3-5-7-16/h3-12,14,25H,13H2,1-2H3,(H,23,26)/b11-10+/t14-/m1/s1. The second-order valence-electron chi connectivity index (χ2n) is 6.23. The molecule has 0 saturated heterocycles. The fourth-order valence-corrected chi connectivity index (χ4v) is 2.54. The summed E-state index contributed by atoms with van der Waals surface area (Å²) >= 11 is 0. The van der Waals surface area contributed by atoms with Gasteiger partial charge in [0.1, 0.15) is 11.5 Å². The predicted octanol–water partition coefficient (Wildman–Crippen LogP) is 3.33. The summed E-state index contributed by atoms with van der Waals surface area (Å²) in [5.41, 5.74) is 3.80. The molecule has 27 heavy (non-hydrogen) atoms. The Morgan fingerprint density at radius 3 is 2.67 bits per heavy atom. The number of pyridine rings is 1. The third kappa shape index (κ3) is 4.48. The fourth-order valence-electron chi connectivity index (χ4n) is 2.54. The molecule has 2 aromatic heterocycles. The monoisotopic (exact) mass is 363 g/mol. The van der Waals surface area contributed by atoms with Crippen molar-refractivity contribution in [2.24, 2.45) is 0 Å². The van der Waals surface area contributed by atoms with Gasteiger partial charge < -0.3 is 14.9 Å². The number of aliphatic hydroxyl groups is 1. The summed E-state index contributed by atoms with van der Waals surface area (Å²) in [6, 6.07) is 13.0. The Bertz CT molecular complexity index is 931. The maximum Gasteiger partial charge on any atom is 0.253 e. The molecule has 0 aliphatic carbocycles. The molecule has 0 bridgehead atoms.